The maximum absolute atomic E-state index is 13.1. The van der Waals surface area contributed by atoms with Gasteiger partial charge in [0.2, 0.25) is 11.8 Å². The normalized spacial score (nSPS) is 16.6. The van der Waals surface area contributed by atoms with E-state index in [9.17, 15) is 19.2 Å². The van der Waals surface area contributed by atoms with E-state index in [1.165, 1.54) is 12.1 Å². The molecule has 2 fully saturated rings. The number of anilines is 1. The molecule has 296 valence electrons. The first-order valence-corrected chi connectivity index (χ1v) is 23.1. The van der Waals surface area contributed by atoms with Gasteiger partial charge in [0.1, 0.15) is 16.8 Å². The topological polar surface area (TPSA) is 157 Å². The quantitative estimate of drug-likeness (QED) is 0.115. The number of aromatic nitrogens is 5. The number of fused-ring (bicyclic) bond motifs is 3. The lowest BCUT2D eigenvalue weighted by Crippen LogP contribution is -2.43. The number of aryl methyl sites for hydroxylation is 2. The lowest BCUT2D eigenvalue weighted by molar-refractivity contribution is -0.134. The van der Waals surface area contributed by atoms with Gasteiger partial charge in [-0.15, -0.1) is 0 Å². The first-order valence-electron chi connectivity index (χ1n) is 19.7. The number of imidazole rings is 1. The van der Waals surface area contributed by atoms with Crippen LogP contribution in [0, 0.1) is 11.8 Å². The first-order chi connectivity index (χ1) is 28.4. The minimum atomic E-state index is -1.24. The van der Waals surface area contributed by atoms with Crippen molar-refractivity contribution in [2.45, 2.75) is 43.9 Å². The third-order valence-corrected chi connectivity index (χ3v) is 14.9. The summed E-state index contributed by atoms with van der Waals surface area (Å²) in [7, 11) is 2.40. The van der Waals surface area contributed by atoms with Gasteiger partial charge in [-0.2, -0.15) is 0 Å². The third kappa shape index (κ3) is 7.07. The van der Waals surface area contributed by atoms with E-state index in [2.05, 4.69) is 45.5 Å². The molecule has 2 saturated heterocycles. The largest absolute Gasteiger partial charge is 0.464 e. The molecule has 2 aromatic carbocycles. The van der Waals surface area contributed by atoms with Crippen molar-refractivity contribution in [1.82, 2.24) is 34.7 Å². The zero-order chi connectivity index (χ0) is 41.0. The molecule has 13 nitrogen and oxygen atoms in total. The smallest absolute Gasteiger partial charge is 0.328 e. The fourth-order valence-electron chi connectivity index (χ4n) is 8.18. The van der Waals surface area contributed by atoms with E-state index < -0.39 is 14.0 Å². The summed E-state index contributed by atoms with van der Waals surface area (Å²) in [5.41, 5.74) is 7.12. The molecule has 0 spiro atoms. The number of carbonyl (C=O) groups excluding carboxylic acids is 3. The van der Waals surface area contributed by atoms with Gasteiger partial charge >= 0.3 is 5.69 Å². The zero-order valence-electron chi connectivity index (χ0n) is 33.3. The van der Waals surface area contributed by atoms with Crippen LogP contribution >= 0.6 is 0 Å². The van der Waals surface area contributed by atoms with Crippen LogP contribution in [0.4, 0.5) is 5.82 Å². The summed E-state index contributed by atoms with van der Waals surface area (Å²) in [6, 6.07) is 21.4. The van der Waals surface area contributed by atoms with Gasteiger partial charge in [0, 0.05) is 79.0 Å². The van der Waals surface area contributed by atoms with Crippen molar-refractivity contribution in [1.29, 1.82) is 0 Å². The Morgan fingerprint density at radius 3 is 2.56 bits per heavy atom. The monoisotopic (exact) mass is 802 g/mol. The van der Waals surface area contributed by atoms with Crippen molar-refractivity contribution in [3.05, 3.63) is 107 Å². The Balaban J connectivity index is 0.909. The van der Waals surface area contributed by atoms with E-state index in [4.69, 9.17) is 14.4 Å². The summed E-state index contributed by atoms with van der Waals surface area (Å²) in [5.74, 6) is 5.48. The molecule has 59 heavy (non-hydrogen) atoms. The molecule has 2 N–H and O–H groups in total. The highest BCUT2D eigenvalue weighted by Gasteiger charge is 2.32. The molecule has 14 heteroatoms. The Labute approximate surface area is 340 Å². The SMILES string of the molecule is Cn1c(=O)n(C)c2c(N3CC[Si](C)(C)CC3)nc(-c3cccc4cc(-c5ccc(C(=O)NCC#Cc6ccc7occ(C8CCC(=O)NC8=O)c7c6)nc5)ncc34)cc21. The highest BCUT2D eigenvalue weighted by Crippen LogP contribution is 2.36. The maximum atomic E-state index is 13.1. The molecule has 5 aromatic heterocycles. The van der Waals surface area contributed by atoms with Gasteiger partial charge in [-0.1, -0.05) is 43.1 Å². The van der Waals surface area contributed by atoms with Crippen molar-refractivity contribution in [2.75, 3.05) is 24.5 Å². The Kier molecular flexibility index (Phi) is 9.47. The second-order valence-corrected chi connectivity index (χ2v) is 21.5. The summed E-state index contributed by atoms with van der Waals surface area (Å²) in [4.78, 5) is 67.1. The first kappa shape index (κ1) is 37.7. The molecule has 1 unspecified atom stereocenters. The van der Waals surface area contributed by atoms with Crippen molar-refractivity contribution in [3.63, 3.8) is 0 Å². The number of rotatable bonds is 6. The Morgan fingerprint density at radius 2 is 1.78 bits per heavy atom. The van der Waals surface area contributed by atoms with Crippen molar-refractivity contribution >= 4 is 64.4 Å². The highest BCUT2D eigenvalue weighted by atomic mass is 28.3. The van der Waals surface area contributed by atoms with E-state index in [0.717, 1.165) is 68.5 Å². The van der Waals surface area contributed by atoms with Crippen LogP contribution in [0.15, 0.2) is 88.5 Å². The number of nitrogens with one attached hydrogen (secondary N) is 2. The minimum Gasteiger partial charge on any atom is -0.464 e. The number of pyridine rings is 3. The van der Waals surface area contributed by atoms with Crippen molar-refractivity contribution < 1.29 is 18.8 Å². The van der Waals surface area contributed by atoms with Gasteiger partial charge < -0.3 is 14.6 Å². The van der Waals surface area contributed by atoms with Gasteiger partial charge in [0.05, 0.1) is 43.7 Å². The Hall–Kier alpha value is -6.85. The molecule has 0 aliphatic carbocycles. The van der Waals surface area contributed by atoms with Gasteiger partial charge in [-0.25, -0.2) is 9.78 Å². The van der Waals surface area contributed by atoms with Crippen LogP contribution in [-0.2, 0) is 23.7 Å². The third-order valence-electron chi connectivity index (χ3n) is 11.8. The average Bonchev–Trinajstić information content (AvgIpc) is 3.75. The Bertz CT molecular complexity index is 2980. The molecule has 1 atom stereocenters. The molecule has 9 rings (SSSR count). The second kappa shape index (κ2) is 14.8. The number of hydrogen-bond acceptors (Lipinski definition) is 9. The van der Waals surface area contributed by atoms with Crippen LogP contribution in [-0.4, -0.2) is 69.5 Å². The van der Waals surface area contributed by atoms with E-state index in [-0.39, 0.29) is 42.1 Å². The van der Waals surface area contributed by atoms with E-state index in [1.54, 1.807) is 33.7 Å². The number of furan rings is 1. The second-order valence-electron chi connectivity index (χ2n) is 16.2. The molecule has 2 aliphatic rings. The molecule has 3 amide bonds. The molecule has 2 aliphatic heterocycles. The van der Waals surface area contributed by atoms with Crippen LogP contribution in [0.5, 0.6) is 0 Å². The molecule has 0 saturated carbocycles. The van der Waals surface area contributed by atoms with E-state index in [1.807, 2.05) is 68.8 Å². The predicted molar refractivity (Wildman–Crippen MR) is 230 cm³/mol. The van der Waals surface area contributed by atoms with E-state index in [0.29, 0.717) is 23.3 Å². The lowest BCUT2D eigenvalue weighted by Gasteiger charge is -2.36. The summed E-state index contributed by atoms with van der Waals surface area (Å²) in [6.45, 7) is 6.84. The van der Waals surface area contributed by atoms with Crippen LogP contribution in [0.2, 0.25) is 25.2 Å². The fourth-order valence-corrected chi connectivity index (χ4v) is 10.2. The van der Waals surface area contributed by atoms with Gasteiger partial charge in [0.15, 0.2) is 5.82 Å². The number of imide groups is 1. The van der Waals surface area contributed by atoms with Crippen molar-refractivity contribution in [3.8, 4) is 34.4 Å². The fraction of sp³-hybridized carbons (Fsp3) is 0.267. The molecule has 0 bridgehead atoms. The average molecular weight is 803 g/mol. The number of carbonyl (C=O) groups is 3. The number of benzene rings is 2. The van der Waals surface area contributed by atoms with Crippen LogP contribution in [0.3, 0.4) is 0 Å². The molecular weight excluding hydrogens is 761 g/mol. The maximum Gasteiger partial charge on any atom is 0.328 e. The number of amides is 3. The number of hydrogen-bond donors (Lipinski definition) is 2. The lowest BCUT2D eigenvalue weighted by atomic mass is 9.90. The Morgan fingerprint density at radius 1 is 0.949 bits per heavy atom. The summed E-state index contributed by atoms with van der Waals surface area (Å²) in [5, 5.41) is 7.88. The zero-order valence-corrected chi connectivity index (χ0v) is 34.3. The summed E-state index contributed by atoms with van der Waals surface area (Å²) in [6.07, 6.45) is 5.75. The summed E-state index contributed by atoms with van der Waals surface area (Å²) < 4.78 is 9.08. The highest BCUT2D eigenvalue weighted by molar-refractivity contribution is 6.77. The summed E-state index contributed by atoms with van der Waals surface area (Å²) >= 11 is 0. The van der Waals surface area contributed by atoms with Crippen LogP contribution in [0.1, 0.15) is 40.4 Å². The molecule has 7 aromatic rings. The van der Waals surface area contributed by atoms with Gasteiger partial charge in [0.25, 0.3) is 5.91 Å². The van der Waals surface area contributed by atoms with E-state index >= 15 is 0 Å². The van der Waals surface area contributed by atoms with Gasteiger partial charge in [-0.05, 0) is 66.4 Å². The van der Waals surface area contributed by atoms with Crippen LogP contribution < -0.4 is 21.2 Å². The van der Waals surface area contributed by atoms with Crippen LogP contribution in [0.25, 0.3) is 55.3 Å². The standard InChI is InChI=1S/C45H42N8O5Si/c1-51-38-23-37(49-42(41(38)52(2)45(51)57)53-17-19-59(3,4)20-18-53)30-9-5-8-28-22-36(48-25-33(28)30)29-11-13-35(47-24-29)44(56)46-16-6-7-27-10-14-39-32(21-27)34(26-58-39)31-12-15-40(54)50-43(31)55/h5,8-11,13-14,21-26,31H,12,15-20H2,1-4H3,(H,46,56)(H,50,54,55). The molecule has 0 radical (unpaired) electrons. The molecular formula is C45H42N8O5Si. The number of piperidine rings is 1. The number of nitrogens with zero attached hydrogens (tertiary/aromatic N) is 6. The molecule has 7 heterocycles. The van der Waals surface area contributed by atoms with Gasteiger partial charge in [-0.3, -0.25) is 38.8 Å². The van der Waals surface area contributed by atoms with Crippen molar-refractivity contribution in [2.24, 2.45) is 14.1 Å². The minimum absolute atomic E-state index is 0.0775. The predicted octanol–water partition coefficient (Wildman–Crippen LogP) is 6.13.